The molecule has 7 heteroatoms. The summed E-state index contributed by atoms with van der Waals surface area (Å²) in [6.07, 6.45) is 4.82. The number of urea groups is 1. The summed E-state index contributed by atoms with van der Waals surface area (Å²) in [6, 6.07) is 1.88. The summed E-state index contributed by atoms with van der Waals surface area (Å²) < 4.78 is 5.93. The summed E-state index contributed by atoms with van der Waals surface area (Å²) in [4.78, 5) is 24.4. The number of aromatic nitrogens is 2. The van der Waals surface area contributed by atoms with Gasteiger partial charge < -0.3 is 19.9 Å². The highest BCUT2D eigenvalue weighted by Gasteiger charge is 2.27. The molecule has 1 aromatic rings. The number of ether oxygens (including phenoxy) is 1. The van der Waals surface area contributed by atoms with Crippen molar-refractivity contribution >= 4 is 11.8 Å². The molecule has 2 amide bonds. The van der Waals surface area contributed by atoms with E-state index < -0.39 is 0 Å². The Morgan fingerprint density at radius 3 is 2.95 bits per heavy atom. The molecule has 22 heavy (non-hydrogen) atoms. The van der Waals surface area contributed by atoms with E-state index in [0.29, 0.717) is 19.0 Å². The molecule has 2 aliphatic rings. The maximum atomic E-state index is 11.8. The van der Waals surface area contributed by atoms with Gasteiger partial charge in [0, 0.05) is 38.7 Å². The van der Waals surface area contributed by atoms with Crippen LogP contribution in [-0.4, -0.2) is 59.7 Å². The third-order valence-electron chi connectivity index (χ3n) is 4.11. The molecule has 1 atom stereocenters. The van der Waals surface area contributed by atoms with Gasteiger partial charge in [0.2, 0.25) is 5.88 Å². The lowest BCUT2D eigenvalue weighted by Gasteiger charge is -2.19. The zero-order chi connectivity index (χ0) is 15.4. The van der Waals surface area contributed by atoms with E-state index in [-0.39, 0.29) is 12.1 Å². The van der Waals surface area contributed by atoms with Crippen LogP contribution >= 0.6 is 0 Å². The van der Waals surface area contributed by atoms with E-state index >= 15 is 0 Å². The minimum atomic E-state index is -0.0194. The number of nitrogens with zero attached hydrogens (tertiary/aromatic N) is 4. The molecule has 1 N–H and O–H groups in total. The Morgan fingerprint density at radius 1 is 1.36 bits per heavy atom. The van der Waals surface area contributed by atoms with Crippen molar-refractivity contribution in [3.8, 4) is 5.88 Å². The molecule has 2 fully saturated rings. The molecule has 7 nitrogen and oxygen atoms in total. The molecule has 0 aliphatic carbocycles. The molecule has 0 aromatic carbocycles. The number of amides is 2. The standard InChI is InChI=1S/C15H23N5O2/c1-2-16-15(21)20-8-5-12(10-20)22-14-9-13(17-11-18-14)19-6-3-4-7-19/h9,11-12H,2-8,10H2,1H3,(H,16,21)/t12-/m1/s1. The highest BCUT2D eigenvalue weighted by molar-refractivity contribution is 5.74. The summed E-state index contributed by atoms with van der Waals surface area (Å²) in [6.45, 7) is 5.99. The van der Waals surface area contributed by atoms with Crippen molar-refractivity contribution in [2.24, 2.45) is 0 Å². The molecule has 1 aromatic heterocycles. The van der Waals surface area contributed by atoms with Crippen LogP contribution in [0.25, 0.3) is 0 Å². The van der Waals surface area contributed by atoms with Gasteiger partial charge in [-0.3, -0.25) is 0 Å². The average molecular weight is 305 g/mol. The maximum Gasteiger partial charge on any atom is 0.317 e. The first-order valence-corrected chi connectivity index (χ1v) is 8.02. The summed E-state index contributed by atoms with van der Waals surface area (Å²) in [5, 5.41) is 2.82. The van der Waals surface area contributed by atoms with Crippen molar-refractivity contribution in [3.05, 3.63) is 12.4 Å². The minimum Gasteiger partial charge on any atom is -0.472 e. The van der Waals surface area contributed by atoms with E-state index in [4.69, 9.17) is 4.74 Å². The van der Waals surface area contributed by atoms with Gasteiger partial charge in [-0.05, 0) is 19.8 Å². The molecule has 3 rings (SSSR count). The van der Waals surface area contributed by atoms with Gasteiger partial charge in [-0.25, -0.2) is 14.8 Å². The van der Waals surface area contributed by atoms with Gasteiger partial charge in [-0.15, -0.1) is 0 Å². The monoisotopic (exact) mass is 305 g/mol. The molecule has 2 saturated heterocycles. The van der Waals surface area contributed by atoms with E-state index in [9.17, 15) is 4.79 Å². The summed E-state index contributed by atoms with van der Waals surface area (Å²) in [5.74, 6) is 1.53. The predicted octanol–water partition coefficient (Wildman–Crippen LogP) is 1.26. The molecule has 120 valence electrons. The molecule has 3 heterocycles. The second-order valence-electron chi connectivity index (χ2n) is 5.72. The van der Waals surface area contributed by atoms with E-state index in [1.54, 1.807) is 11.2 Å². The molecule has 2 aliphatic heterocycles. The second kappa shape index (κ2) is 6.81. The molecule has 0 saturated carbocycles. The van der Waals surface area contributed by atoms with Crippen molar-refractivity contribution in [1.82, 2.24) is 20.2 Å². The quantitative estimate of drug-likeness (QED) is 0.907. The number of nitrogens with one attached hydrogen (secondary N) is 1. The topological polar surface area (TPSA) is 70.6 Å². The number of hydrogen-bond acceptors (Lipinski definition) is 5. The Balaban J connectivity index is 1.57. The van der Waals surface area contributed by atoms with Gasteiger partial charge in [0.05, 0.1) is 6.54 Å². The molecular formula is C15H23N5O2. The molecular weight excluding hydrogens is 282 g/mol. The van der Waals surface area contributed by atoms with Gasteiger partial charge in [-0.2, -0.15) is 0 Å². The Hall–Kier alpha value is -2.05. The Morgan fingerprint density at radius 2 is 2.18 bits per heavy atom. The number of anilines is 1. The van der Waals surface area contributed by atoms with Crippen LogP contribution in [0, 0.1) is 0 Å². The SMILES string of the molecule is CCNC(=O)N1CC[C@@H](Oc2cc(N3CCCC3)ncn2)C1. The van der Waals surface area contributed by atoms with Gasteiger partial charge >= 0.3 is 6.03 Å². The Kier molecular flexibility index (Phi) is 4.60. The van der Waals surface area contributed by atoms with Crippen molar-refractivity contribution in [3.63, 3.8) is 0 Å². The van der Waals surface area contributed by atoms with Gasteiger partial charge in [0.15, 0.2) is 0 Å². The zero-order valence-electron chi connectivity index (χ0n) is 13.0. The largest absolute Gasteiger partial charge is 0.472 e. The van der Waals surface area contributed by atoms with Crippen LogP contribution in [0.4, 0.5) is 10.6 Å². The van der Waals surface area contributed by atoms with Crippen LogP contribution in [0.5, 0.6) is 5.88 Å². The lowest BCUT2D eigenvalue weighted by atomic mass is 10.3. The van der Waals surface area contributed by atoms with Crippen molar-refractivity contribution in [2.75, 3.05) is 37.6 Å². The summed E-state index contributed by atoms with van der Waals surface area (Å²) in [7, 11) is 0. The van der Waals surface area contributed by atoms with Crippen molar-refractivity contribution in [2.45, 2.75) is 32.3 Å². The van der Waals surface area contributed by atoms with E-state index in [1.807, 2.05) is 13.0 Å². The van der Waals surface area contributed by atoms with E-state index in [2.05, 4.69) is 20.2 Å². The van der Waals surface area contributed by atoms with Gasteiger partial charge in [-0.1, -0.05) is 0 Å². The number of hydrogen-bond donors (Lipinski definition) is 1. The fourth-order valence-corrected chi connectivity index (χ4v) is 2.96. The van der Waals surface area contributed by atoms with Crippen LogP contribution in [0.3, 0.4) is 0 Å². The Labute approximate surface area is 130 Å². The zero-order valence-corrected chi connectivity index (χ0v) is 13.0. The normalized spacial score (nSPS) is 21.2. The lowest BCUT2D eigenvalue weighted by molar-refractivity contribution is 0.183. The smallest absolute Gasteiger partial charge is 0.317 e. The summed E-state index contributed by atoms with van der Waals surface area (Å²) in [5.41, 5.74) is 0. The van der Waals surface area contributed by atoms with Gasteiger partial charge in [0.1, 0.15) is 18.2 Å². The fourth-order valence-electron chi connectivity index (χ4n) is 2.96. The Bertz CT molecular complexity index is 518. The molecule has 0 radical (unpaired) electrons. The first kappa shape index (κ1) is 14.9. The highest BCUT2D eigenvalue weighted by Crippen LogP contribution is 2.22. The number of likely N-dealkylation sites (tertiary alicyclic amines) is 1. The molecule has 0 bridgehead atoms. The lowest BCUT2D eigenvalue weighted by Crippen LogP contribution is -2.39. The molecule has 0 spiro atoms. The second-order valence-corrected chi connectivity index (χ2v) is 5.72. The average Bonchev–Trinajstić information content (AvgIpc) is 3.19. The number of rotatable bonds is 4. The first-order chi connectivity index (χ1) is 10.8. The predicted molar refractivity (Wildman–Crippen MR) is 83.2 cm³/mol. The van der Waals surface area contributed by atoms with Crippen LogP contribution in [-0.2, 0) is 0 Å². The number of carbonyl (C=O) groups is 1. The van der Waals surface area contributed by atoms with Crippen LogP contribution in [0.1, 0.15) is 26.2 Å². The van der Waals surface area contributed by atoms with Gasteiger partial charge in [0.25, 0.3) is 0 Å². The highest BCUT2D eigenvalue weighted by atomic mass is 16.5. The van der Waals surface area contributed by atoms with Crippen molar-refractivity contribution < 1.29 is 9.53 Å². The number of carbonyl (C=O) groups excluding carboxylic acids is 1. The maximum absolute atomic E-state index is 11.8. The minimum absolute atomic E-state index is 0.00364. The van der Waals surface area contributed by atoms with E-state index in [1.165, 1.54) is 12.8 Å². The third kappa shape index (κ3) is 3.40. The first-order valence-electron chi connectivity index (χ1n) is 8.02. The van der Waals surface area contributed by atoms with E-state index in [0.717, 1.165) is 31.9 Å². The fraction of sp³-hybridized carbons (Fsp3) is 0.667. The van der Waals surface area contributed by atoms with Crippen LogP contribution in [0.15, 0.2) is 12.4 Å². The van der Waals surface area contributed by atoms with Crippen LogP contribution in [0.2, 0.25) is 0 Å². The third-order valence-corrected chi connectivity index (χ3v) is 4.11. The summed E-state index contributed by atoms with van der Waals surface area (Å²) >= 11 is 0. The van der Waals surface area contributed by atoms with Crippen molar-refractivity contribution in [1.29, 1.82) is 0 Å². The van der Waals surface area contributed by atoms with Crippen LogP contribution < -0.4 is 15.0 Å². The molecule has 0 unspecified atom stereocenters.